The zero-order chi connectivity index (χ0) is 10.2. The lowest BCUT2D eigenvalue weighted by Gasteiger charge is -1.99. The molecule has 0 N–H and O–H groups in total. The van der Waals surface area contributed by atoms with Crippen molar-refractivity contribution in [1.29, 1.82) is 0 Å². The van der Waals surface area contributed by atoms with Gasteiger partial charge in [0.05, 0.1) is 4.92 Å². The Morgan fingerprint density at radius 3 is 2.31 bits per heavy atom. The largest absolute Gasteiger partial charge is 0.359 e. The van der Waals surface area contributed by atoms with Crippen LogP contribution < -0.4 is 0 Å². The molecule has 0 aliphatic heterocycles. The van der Waals surface area contributed by atoms with Gasteiger partial charge in [0.25, 0.3) is 5.95 Å². The van der Waals surface area contributed by atoms with E-state index in [-0.39, 0.29) is 0 Å². The monoisotopic (exact) mass is 192 g/mol. The molecule has 1 heterocycles. The van der Waals surface area contributed by atoms with E-state index in [0.29, 0.717) is 0 Å². The predicted molar refractivity (Wildman–Crippen MR) is 35.5 cm³/mol. The predicted octanol–water partition coefficient (Wildman–Crippen LogP) is 1.72. The summed E-state index contributed by atoms with van der Waals surface area (Å²) in [6, 6.07) is 0. The minimum Gasteiger partial charge on any atom is -0.258 e. The van der Waals surface area contributed by atoms with Crippen LogP contribution in [0.4, 0.5) is 18.9 Å². The van der Waals surface area contributed by atoms with Gasteiger partial charge in [0, 0.05) is 5.56 Å². The van der Waals surface area contributed by atoms with Gasteiger partial charge in [0.1, 0.15) is 0 Å². The van der Waals surface area contributed by atoms with Crippen LogP contribution >= 0.6 is 0 Å². The first-order valence-corrected chi connectivity index (χ1v) is 3.10. The molecule has 0 saturated carbocycles. The van der Waals surface area contributed by atoms with Gasteiger partial charge in [-0.3, -0.25) is 10.1 Å². The van der Waals surface area contributed by atoms with Crippen LogP contribution in [-0.4, -0.2) is 9.91 Å². The molecule has 0 unspecified atom stereocenters. The summed E-state index contributed by atoms with van der Waals surface area (Å²) in [5.41, 5.74) is -2.10. The third-order valence-electron chi connectivity index (χ3n) is 1.42. The molecule has 13 heavy (non-hydrogen) atoms. The lowest BCUT2D eigenvalue weighted by atomic mass is 10.2. The lowest BCUT2D eigenvalue weighted by Crippen LogP contribution is -2.04. The molecule has 7 heteroatoms. The molecule has 0 radical (unpaired) electrons. The number of nitrogens with zero attached hydrogens (tertiary/aromatic N) is 2. The Morgan fingerprint density at radius 1 is 1.31 bits per heavy atom. The fourth-order valence-corrected chi connectivity index (χ4v) is 0.737. The van der Waals surface area contributed by atoms with E-state index in [2.05, 4.69) is 4.98 Å². The molecule has 0 fully saturated rings. The Balaban J connectivity index is 3.53. The average Bonchev–Trinajstić information content (AvgIpc) is 1.99. The van der Waals surface area contributed by atoms with E-state index in [9.17, 15) is 23.3 Å². The van der Waals surface area contributed by atoms with Crippen molar-refractivity contribution in [2.45, 2.75) is 6.92 Å². The smallest absolute Gasteiger partial charge is 0.258 e. The van der Waals surface area contributed by atoms with Gasteiger partial charge in [-0.25, -0.2) is 0 Å². The first-order valence-electron chi connectivity index (χ1n) is 3.10. The van der Waals surface area contributed by atoms with E-state index >= 15 is 0 Å². The molecule has 0 aliphatic carbocycles. The maximum Gasteiger partial charge on any atom is 0.359 e. The van der Waals surface area contributed by atoms with Gasteiger partial charge in [-0.05, 0) is 6.92 Å². The van der Waals surface area contributed by atoms with E-state index in [1.54, 1.807) is 0 Å². The summed E-state index contributed by atoms with van der Waals surface area (Å²) < 4.78 is 37.8. The van der Waals surface area contributed by atoms with Crippen molar-refractivity contribution in [2.75, 3.05) is 0 Å². The number of nitro groups is 1. The molecule has 0 saturated heterocycles. The lowest BCUT2D eigenvalue weighted by molar-refractivity contribution is -0.390. The topological polar surface area (TPSA) is 56.0 Å². The molecule has 0 aliphatic rings. The highest BCUT2D eigenvalue weighted by Crippen LogP contribution is 2.23. The molecule has 0 aromatic carbocycles. The van der Waals surface area contributed by atoms with E-state index < -0.39 is 33.9 Å². The zero-order valence-electron chi connectivity index (χ0n) is 6.34. The Labute approximate surface area is 70.2 Å². The molecular weight excluding hydrogens is 189 g/mol. The van der Waals surface area contributed by atoms with E-state index in [4.69, 9.17) is 0 Å². The minimum absolute atomic E-state index is 0.673. The van der Waals surface area contributed by atoms with Crippen molar-refractivity contribution < 1.29 is 18.1 Å². The number of rotatable bonds is 1. The summed E-state index contributed by atoms with van der Waals surface area (Å²) in [5.74, 6) is -4.68. The van der Waals surface area contributed by atoms with Crippen molar-refractivity contribution in [2.24, 2.45) is 0 Å². The van der Waals surface area contributed by atoms with Crippen LogP contribution in [0, 0.1) is 34.8 Å². The maximum atomic E-state index is 12.8. The standard InChI is InChI=1S/C6H3F3N2O2/c1-2-3(7)4(11(12)13)6(9)10-5(2)8/h1H3. The van der Waals surface area contributed by atoms with Crippen LogP contribution in [0.2, 0.25) is 0 Å². The fourth-order valence-electron chi connectivity index (χ4n) is 0.737. The van der Waals surface area contributed by atoms with Crippen LogP contribution in [0.3, 0.4) is 0 Å². The Morgan fingerprint density at radius 2 is 1.85 bits per heavy atom. The van der Waals surface area contributed by atoms with Crippen LogP contribution in [0.5, 0.6) is 0 Å². The normalized spacial score (nSPS) is 10.2. The highest BCUT2D eigenvalue weighted by Gasteiger charge is 2.26. The first kappa shape index (κ1) is 9.43. The molecule has 0 bridgehead atoms. The molecule has 0 atom stereocenters. The number of pyridine rings is 1. The summed E-state index contributed by atoms with van der Waals surface area (Å²) in [6.07, 6.45) is 0. The Hall–Kier alpha value is -1.66. The Bertz CT molecular complexity index is 381. The molecule has 0 amide bonds. The van der Waals surface area contributed by atoms with Gasteiger partial charge in [-0.1, -0.05) is 0 Å². The fraction of sp³-hybridized carbons (Fsp3) is 0.167. The minimum atomic E-state index is -1.76. The maximum absolute atomic E-state index is 12.8. The average molecular weight is 192 g/mol. The van der Waals surface area contributed by atoms with Crippen molar-refractivity contribution in [3.63, 3.8) is 0 Å². The quantitative estimate of drug-likeness (QED) is 0.386. The van der Waals surface area contributed by atoms with E-state index in [1.165, 1.54) is 0 Å². The van der Waals surface area contributed by atoms with Crippen molar-refractivity contribution in [3.8, 4) is 0 Å². The molecule has 4 nitrogen and oxygen atoms in total. The zero-order valence-corrected chi connectivity index (χ0v) is 6.34. The van der Waals surface area contributed by atoms with Crippen LogP contribution in [0.1, 0.15) is 5.56 Å². The Kier molecular flexibility index (Phi) is 2.18. The number of aromatic nitrogens is 1. The number of hydrogen-bond acceptors (Lipinski definition) is 3. The molecule has 70 valence electrons. The highest BCUT2D eigenvalue weighted by atomic mass is 19.1. The molecule has 1 aromatic rings. The van der Waals surface area contributed by atoms with Crippen molar-refractivity contribution in [1.82, 2.24) is 4.98 Å². The SMILES string of the molecule is Cc1c(F)nc(F)c([N+](=O)[O-])c1F. The third kappa shape index (κ3) is 1.44. The van der Waals surface area contributed by atoms with Gasteiger partial charge in [-0.15, -0.1) is 0 Å². The van der Waals surface area contributed by atoms with E-state index in [1.807, 2.05) is 0 Å². The molecular formula is C6H3F3N2O2. The van der Waals surface area contributed by atoms with Gasteiger partial charge in [0.2, 0.25) is 11.8 Å². The number of hydrogen-bond donors (Lipinski definition) is 0. The van der Waals surface area contributed by atoms with Crippen molar-refractivity contribution in [3.05, 3.63) is 33.4 Å². The third-order valence-corrected chi connectivity index (χ3v) is 1.42. The summed E-state index contributed by atoms with van der Waals surface area (Å²) in [7, 11) is 0. The van der Waals surface area contributed by atoms with E-state index in [0.717, 1.165) is 6.92 Å². The summed E-state index contributed by atoms with van der Waals surface area (Å²) in [4.78, 5) is 11.3. The van der Waals surface area contributed by atoms with Gasteiger partial charge >= 0.3 is 5.69 Å². The number of halogens is 3. The summed E-state index contributed by atoms with van der Waals surface area (Å²) >= 11 is 0. The van der Waals surface area contributed by atoms with Crippen LogP contribution in [0.15, 0.2) is 0 Å². The second-order valence-corrected chi connectivity index (χ2v) is 2.24. The molecule has 1 aromatic heterocycles. The van der Waals surface area contributed by atoms with Crippen LogP contribution in [0.25, 0.3) is 0 Å². The van der Waals surface area contributed by atoms with Crippen molar-refractivity contribution >= 4 is 5.69 Å². The van der Waals surface area contributed by atoms with Gasteiger partial charge in [-0.2, -0.15) is 18.2 Å². The van der Waals surface area contributed by atoms with Crippen LogP contribution in [-0.2, 0) is 0 Å². The molecule has 1 rings (SSSR count). The summed E-state index contributed by atoms with van der Waals surface area (Å²) in [5, 5.41) is 10.1. The van der Waals surface area contributed by atoms with Gasteiger partial charge < -0.3 is 0 Å². The summed E-state index contributed by atoms with van der Waals surface area (Å²) in [6.45, 7) is 0.935. The highest BCUT2D eigenvalue weighted by molar-refractivity contribution is 5.34. The first-order chi connectivity index (χ1) is 5.95. The second-order valence-electron chi connectivity index (χ2n) is 2.24. The second kappa shape index (κ2) is 3.00. The molecule has 0 spiro atoms. The van der Waals surface area contributed by atoms with Gasteiger partial charge in [0.15, 0.2) is 0 Å².